The lowest BCUT2D eigenvalue weighted by atomic mass is 10.0. The molecular weight excluding hydrogens is 202 g/mol. The fourth-order valence-electron chi connectivity index (χ4n) is 2.07. The van der Waals surface area contributed by atoms with Crippen molar-refractivity contribution >= 4 is 11.6 Å². The SMILES string of the molecule is CN1CCCCC1C(=O)Nc1ccncc1. The first-order chi connectivity index (χ1) is 7.77. The normalized spacial score (nSPS) is 21.7. The highest BCUT2D eigenvalue weighted by Gasteiger charge is 2.25. The van der Waals surface area contributed by atoms with Gasteiger partial charge in [-0.1, -0.05) is 6.42 Å². The van der Waals surface area contributed by atoms with Gasteiger partial charge in [-0.3, -0.25) is 14.7 Å². The summed E-state index contributed by atoms with van der Waals surface area (Å²) in [7, 11) is 2.01. The minimum Gasteiger partial charge on any atom is -0.325 e. The minimum absolute atomic E-state index is 0.0157. The summed E-state index contributed by atoms with van der Waals surface area (Å²) in [6.07, 6.45) is 6.64. The number of carbonyl (C=O) groups excluding carboxylic acids is 1. The predicted molar refractivity (Wildman–Crippen MR) is 63.1 cm³/mol. The molecule has 1 aliphatic heterocycles. The van der Waals surface area contributed by atoms with E-state index in [0.29, 0.717) is 0 Å². The van der Waals surface area contributed by atoms with E-state index in [4.69, 9.17) is 0 Å². The molecular formula is C12H17N3O. The van der Waals surface area contributed by atoms with Gasteiger partial charge in [-0.2, -0.15) is 0 Å². The summed E-state index contributed by atoms with van der Waals surface area (Å²) < 4.78 is 0. The maximum atomic E-state index is 12.0. The topological polar surface area (TPSA) is 45.2 Å². The van der Waals surface area contributed by atoms with E-state index in [1.807, 2.05) is 7.05 Å². The second kappa shape index (κ2) is 5.07. The van der Waals surface area contributed by atoms with Crippen LogP contribution in [0.2, 0.25) is 0 Å². The molecule has 4 heteroatoms. The average Bonchev–Trinajstić information content (AvgIpc) is 2.31. The van der Waals surface area contributed by atoms with Crippen molar-refractivity contribution < 1.29 is 4.79 Å². The first-order valence-electron chi connectivity index (χ1n) is 5.68. The quantitative estimate of drug-likeness (QED) is 0.820. The Morgan fingerprint density at radius 1 is 1.44 bits per heavy atom. The molecule has 1 aliphatic rings. The first kappa shape index (κ1) is 11.1. The van der Waals surface area contributed by atoms with Crippen molar-refractivity contribution in [3.05, 3.63) is 24.5 Å². The number of rotatable bonds is 2. The summed E-state index contributed by atoms with van der Waals surface area (Å²) >= 11 is 0. The van der Waals surface area contributed by atoms with Crippen LogP contribution in [0, 0.1) is 0 Å². The predicted octanol–water partition coefficient (Wildman–Crippen LogP) is 1.50. The molecule has 16 heavy (non-hydrogen) atoms. The number of piperidine rings is 1. The molecule has 2 heterocycles. The number of hydrogen-bond donors (Lipinski definition) is 1. The zero-order valence-corrected chi connectivity index (χ0v) is 9.52. The highest BCUT2D eigenvalue weighted by Crippen LogP contribution is 2.16. The Morgan fingerprint density at radius 2 is 2.19 bits per heavy atom. The maximum absolute atomic E-state index is 12.0. The van der Waals surface area contributed by atoms with Gasteiger partial charge in [-0.05, 0) is 38.6 Å². The third-order valence-electron chi connectivity index (χ3n) is 3.02. The minimum atomic E-state index is 0.0157. The van der Waals surface area contributed by atoms with Gasteiger partial charge in [-0.15, -0.1) is 0 Å². The summed E-state index contributed by atoms with van der Waals surface area (Å²) in [5.41, 5.74) is 0.818. The first-order valence-corrected chi connectivity index (χ1v) is 5.68. The molecule has 1 unspecified atom stereocenters. The van der Waals surface area contributed by atoms with Gasteiger partial charge >= 0.3 is 0 Å². The molecule has 1 fully saturated rings. The van der Waals surface area contributed by atoms with E-state index in [1.54, 1.807) is 24.5 Å². The van der Waals surface area contributed by atoms with E-state index in [2.05, 4.69) is 15.2 Å². The molecule has 2 rings (SSSR count). The van der Waals surface area contributed by atoms with Crippen LogP contribution in [0.3, 0.4) is 0 Å². The van der Waals surface area contributed by atoms with E-state index in [1.165, 1.54) is 6.42 Å². The Labute approximate surface area is 95.7 Å². The molecule has 0 spiro atoms. The van der Waals surface area contributed by atoms with Crippen LogP contribution in [0.4, 0.5) is 5.69 Å². The van der Waals surface area contributed by atoms with E-state index in [0.717, 1.165) is 25.1 Å². The molecule has 1 saturated heterocycles. The van der Waals surface area contributed by atoms with Gasteiger partial charge in [0, 0.05) is 18.1 Å². The smallest absolute Gasteiger partial charge is 0.241 e. The molecule has 4 nitrogen and oxygen atoms in total. The fourth-order valence-corrected chi connectivity index (χ4v) is 2.07. The molecule has 1 atom stereocenters. The Bertz CT molecular complexity index is 353. The lowest BCUT2D eigenvalue weighted by Gasteiger charge is -2.31. The number of hydrogen-bond acceptors (Lipinski definition) is 3. The van der Waals surface area contributed by atoms with Crippen molar-refractivity contribution in [3.8, 4) is 0 Å². The largest absolute Gasteiger partial charge is 0.325 e. The average molecular weight is 219 g/mol. The monoisotopic (exact) mass is 219 g/mol. The number of nitrogens with one attached hydrogen (secondary N) is 1. The number of amides is 1. The number of likely N-dealkylation sites (tertiary alicyclic amines) is 1. The van der Waals surface area contributed by atoms with Gasteiger partial charge < -0.3 is 5.32 Å². The number of likely N-dealkylation sites (N-methyl/N-ethyl adjacent to an activating group) is 1. The molecule has 0 aromatic carbocycles. The van der Waals surface area contributed by atoms with E-state index in [-0.39, 0.29) is 11.9 Å². The van der Waals surface area contributed by atoms with Crippen molar-refractivity contribution in [2.24, 2.45) is 0 Å². The van der Waals surface area contributed by atoms with Gasteiger partial charge in [0.1, 0.15) is 0 Å². The van der Waals surface area contributed by atoms with Crippen molar-refractivity contribution in [1.82, 2.24) is 9.88 Å². The van der Waals surface area contributed by atoms with Crippen LogP contribution in [-0.2, 0) is 4.79 Å². The summed E-state index contributed by atoms with van der Waals surface area (Å²) in [4.78, 5) is 18.0. The van der Waals surface area contributed by atoms with Crippen LogP contribution in [-0.4, -0.2) is 35.4 Å². The zero-order chi connectivity index (χ0) is 11.4. The maximum Gasteiger partial charge on any atom is 0.241 e. The van der Waals surface area contributed by atoms with E-state index in [9.17, 15) is 4.79 Å². The summed E-state index contributed by atoms with van der Waals surface area (Å²) in [6, 6.07) is 3.63. The third-order valence-corrected chi connectivity index (χ3v) is 3.02. The highest BCUT2D eigenvalue weighted by atomic mass is 16.2. The van der Waals surface area contributed by atoms with Crippen molar-refractivity contribution in [3.63, 3.8) is 0 Å². The Morgan fingerprint density at radius 3 is 2.88 bits per heavy atom. The van der Waals surface area contributed by atoms with Crippen LogP contribution < -0.4 is 5.32 Å². The number of nitrogens with zero attached hydrogens (tertiary/aromatic N) is 2. The van der Waals surface area contributed by atoms with E-state index >= 15 is 0 Å². The third kappa shape index (κ3) is 2.58. The molecule has 0 saturated carbocycles. The molecule has 1 amide bonds. The molecule has 0 bridgehead atoms. The fraction of sp³-hybridized carbons (Fsp3) is 0.500. The Hall–Kier alpha value is -1.42. The van der Waals surface area contributed by atoms with Crippen molar-refractivity contribution in [1.29, 1.82) is 0 Å². The number of anilines is 1. The molecule has 86 valence electrons. The van der Waals surface area contributed by atoms with Gasteiger partial charge in [-0.25, -0.2) is 0 Å². The summed E-state index contributed by atoms with van der Waals surface area (Å²) in [5, 5.41) is 2.92. The van der Waals surface area contributed by atoms with Gasteiger partial charge in [0.05, 0.1) is 6.04 Å². The molecule has 1 aromatic rings. The van der Waals surface area contributed by atoms with Crippen LogP contribution in [0.5, 0.6) is 0 Å². The van der Waals surface area contributed by atoms with Gasteiger partial charge in [0.2, 0.25) is 5.91 Å². The summed E-state index contributed by atoms with van der Waals surface area (Å²) in [6.45, 7) is 1.01. The lowest BCUT2D eigenvalue weighted by molar-refractivity contribution is -0.121. The second-order valence-corrected chi connectivity index (χ2v) is 4.22. The van der Waals surface area contributed by atoms with Crippen LogP contribution in [0.25, 0.3) is 0 Å². The Balaban J connectivity index is 1.97. The van der Waals surface area contributed by atoms with Crippen LogP contribution in [0.15, 0.2) is 24.5 Å². The number of carbonyl (C=O) groups is 1. The molecule has 1 N–H and O–H groups in total. The zero-order valence-electron chi connectivity index (χ0n) is 9.52. The Kier molecular flexibility index (Phi) is 3.51. The van der Waals surface area contributed by atoms with Gasteiger partial charge in [0.15, 0.2) is 0 Å². The van der Waals surface area contributed by atoms with E-state index < -0.39 is 0 Å². The molecule has 0 aliphatic carbocycles. The summed E-state index contributed by atoms with van der Waals surface area (Å²) in [5.74, 6) is 0.0911. The molecule has 1 aromatic heterocycles. The molecule has 0 radical (unpaired) electrons. The number of aromatic nitrogens is 1. The van der Waals surface area contributed by atoms with Crippen LogP contribution >= 0.6 is 0 Å². The second-order valence-electron chi connectivity index (χ2n) is 4.22. The lowest BCUT2D eigenvalue weighted by Crippen LogP contribution is -2.44. The standard InChI is InChI=1S/C12H17N3O/c1-15-9-3-2-4-11(15)12(16)14-10-5-7-13-8-6-10/h5-8,11H,2-4,9H2,1H3,(H,13,14,16). The highest BCUT2D eigenvalue weighted by molar-refractivity contribution is 5.94. The van der Waals surface area contributed by atoms with Crippen molar-refractivity contribution in [2.45, 2.75) is 25.3 Å². The number of pyridine rings is 1. The van der Waals surface area contributed by atoms with Crippen LogP contribution in [0.1, 0.15) is 19.3 Å². The van der Waals surface area contributed by atoms with Gasteiger partial charge in [0.25, 0.3) is 0 Å². The van der Waals surface area contributed by atoms with Crippen molar-refractivity contribution in [2.75, 3.05) is 18.9 Å².